The third-order valence-electron chi connectivity index (χ3n) is 3.76. The van der Waals surface area contributed by atoms with Crippen molar-refractivity contribution in [3.8, 4) is 0 Å². The number of anilines is 2. The van der Waals surface area contributed by atoms with Crippen molar-refractivity contribution in [2.24, 2.45) is 11.3 Å². The predicted octanol–water partition coefficient (Wildman–Crippen LogP) is 3.17. The highest BCUT2D eigenvalue weighted by molar-refractivity contribution is 5.93. The summed E-state index contributed by atoms with van der Waals surface area (Å²) >= 11 is 0. The van der Waals surface area contributed by atoms with Crippen LogP contribution in [0.2, 0.25) is 0 Å². The van der Waals surface area contributed by atoms with Crippen molar-refractivity contribution in [3.05, 3.63) is 24.0 Å². The normalized spacial score (nSPS) is 21.8. The van der Waals surface area contributed by atoms with E-state index in [9.17, 15) is 9.18 Å². The van der Waals surface area contributed by atoms with Crippen LogP contribution in [0.4, 0.5) is 15.8 Å². The third-order valence-corrected chi connectivity index (χ3v) is 3.76. The number of carbonyl (C=O) groups is 1. The Kier molecular flexibility index (Phi) is 3.28. The second-order valence-electron chi connectivity index (χ2n) is 5.70. The molecule has 1 aromatic carbocycles. The van der Waals surface area contributed by atoms with E-state index in [1.165, 1.54) is 12.1 Å². The van der Waals surface area contributed by atoms with Crippen molar-refractivity contribution in [1.29, 1.82) is 0 Å². The van der Waals surface area contributed by atoms with Gasteiger partial charge in [-0.15, -0.1) is 0 Å². The Morgan fingerprint density at radius 3 is 2.72 bits per heavy atom. The Morgan fingerprint density at radius 1 is 1.44 bits per heavy atom. The van der Waals surface area contributed by atoms with Gasteiger partial charge in [-0.05, 0) is 36.5 Å². The molecule has 0 aromatic heterocycles. The first-order chi connectivity index (χ1) is 8.38. The van der Waals surface area contributed by atoms with E-state index in [1.54, 1.807) is 6.07 Å². The zero-order valence-corrected chi connectivity index (χ0v) is 10.8. The molecule has 0 saturated heterocycles. The highest BCUT2D eigenvalue weighted by atomic mass is 19.1. The van der Waals surface area contributed by atoms with Gasteiger partial charge in [0.05, 0.1) is 0 Å². The van der Waals surface area contributed by atoms with Crippen LogP contribution in [0.5, 0.6) is 0 Å². The molecule has 1 unspecified atom stereocenters. The Balaban J connectivity index is 2.12. The highest BCUT2D eigenvalue weighted by Gasteiger charge is 2.39. The van der Waals surface area contributed by atoms with Crippen LogP contribution < -0.4 is 11.1 Å². The largest absolute Gasteiger partial charge is 0.399 e. The Hall–Kier alpha value is -1.58. The molecular formula is C14H19FN2O. The Morgan fingerprint density at radius 2 is 2.17 bits per heavy atom. The summed E-state index contributed by atoms with van der Waals surface area (Å²) in [6.45, 7) is 4.20. The SMILES string of the molecule is CC1(C)CCCC1C(=O)Nc1cc(N)cc(F)c1. The summed E-state index contributed by atoms with van der Waals surface area (Å²) in [5.74, 6) is -0.486. The molecule has 0 bridgehead atoms. The maximum absolute atomic E-state index is 13.2. The average Bonchev–Trinajstić information content (AvgIpc) is 2.56. The lowest BCUT2D eigenvalue weighted by Gasteiger charge is -2.25. The molecule has 0 aliphatic heterocycles. The number of carbonyl (C=O) groups excluding carboxylic acids is 1. The molecule has 1 atom stereocenters. The molecule has 1 amide bonds. The minimum Gasteiger partial charge on any atom is -0.399 e. The van der Waals surface area contributed by atoms with Crippen LogP contribution in [-0.4, -0.2) is 5.91 Å². The van der Waals surface area contributed by atoms with Gasteiger partial charge in [0.1, 0.15) is 5.82 Å². The van der Waals surface area contributed by atoms with Gasteiger partial charge < -0.3 is 11.1 Å². The maximum Gasteiger partial charge on any atom is 0.228 e. The number of rotatable bonds is 2. The molecule has 0 spiro atoms. The average molecular weight is 250 g/mol. The summed E-state index contributed by atoms with van der Waals surface area (Å²) < 4.78 is 13.2. The fourth-order valence-corrected chi connectivity index (χ4v) is 2.73. The van der Waals surface area contributed by atoms with Crippen LogP contribution in [0, 0.1) is 17.2 Å². The van der Waals surface area contributed by atoms with Crippen LogP contribution >= 0.6 is 0 Å². The van der Waals surface area contributed by atoms with E-state index in [-0.39, 0.29) is 17.2 Å². The van der Waals surface area contributed by atoms with Gasteiger partial charge in [-0.2, -0.15) is 0 Å². The fourth-order valence-electron chi connectivity index (χ4n) is 2.73. The van der Waals surface area contributed by atoms with Crippen LogP contribution in [-0.2, 0) is 4.79 Å². The number of hydrogen-bond acceptors (Lipinski definition) is 2. The molecule has 4 heteroatoms. The first kappa shape index (κ1) is 12.9. The van der Waals surface area contributed by atoms with Gasteiger partial charge in [0, 0.05) is 17.3 Å². The molecular weight excluding hydrogens is 231 g/mol. The van der Waals surface area contributed by atoms with Crippen LogP contribution in [0.25, 0.3) is 0 Å². The number of hydrogen-bond donors (Lipinski definition) is 2. The van der Waals surface area contributed by atoms with Gasteiger partial charge in [0.25, 0.3) is 0 Å². The molecule has 1 fully saturated rings. The van der Waals surface area contributed by atoms with E-state index in [4.69, 9.17) is 5.73 Å². The summed E-state index contributed by atoms with van der Waals surface area (Å²) in [5, 5.41) is 2.76. The lowest BCUT2D eigenvalue weighted by atomic mass is 9.81. The van der Waals surface area contributed by atoms with Crippen molar-refractivity contribution in [2.45, 2.75) is 33.1 Å². The van der Waals surface area contributed by atoms with E-state index in [1.807, 2.05) is 0 Å². The molecule has 3 N–H and O–H groups in total. The number of benzene rings is 1. The van der Waals surface area contributed by atoms with Crippen molar-refractivity contribution in [1.82, 2.24) is 0 Å². The van der Waals surface area contributed by atoms with Crippen LogP contribution in [0.15, 0.2) is 18.2 Å². The van der Waals surface area contributed by atoms with Crippen molar-refractivity contribution in [2.75, 3.05) is 11.1 Å². The van der Waals surface area contributed by atoms with E-state index >= 15 is 0 Å². The van der Waals surface area contributed by atoms with E-state index in [0.717, 1.165) is 19.3 Å². The molecule has 1 aromatic rings. The molecule has 98 valence electrons. The Bertz CT molecular complexity index is 451. The number of amides is 1. The fraction of sp³-hybridized carbons (Fsp3) is 0.500. The number of halogens is 1. The Labute approximate surface area is 107 Å². The molecule has 2 rings (SSSR count). The quantitative estimate of drug-likeness (QED) is 0.792. The van der Waals surface area contributed by atoms with Gasteiger partial charge in [0.15, 0.2) is 0 Å². The summed E-state index contributed by atoms with van der Waals surface area (Å²) in [6.07, 6.45) is 3.01. The first-order valence-corrected chi connectivity index (χ1v) is 6.25. The van der Waals surface area contributed by atoms with Crippen molar-refractivity contribution >= 4 is 17.3 Å². The molecule has 1 aliphatic rings. The topological polar surface area (TPSA) is 55.1 Å². The number of nitrogen functional groups attached to an aromatic ring is 1. The van der Waals surface area contributed by atoms with Gasteiger partial charge in [0.2, 0.25) is 5.91 Å². The standard InChI is InChI=1S/C14H19FN2O/c1-14(2)5-3-4-12(14)13(18)17-11-7-9(15)6-10(16)8-11/h6-8,12H,3-5,16H2,1-2H3,(H,17,18). The maximum atomic E-state index is 13.2. The second-order valence-corrected chi connectivity index (χ2v) is 5.70. The van der Waals surface area contributed by atoms with Gasteiger partial charge >= 0.3 is 0 Å². The van der Waals surface area contributed by atoms with Gasteiger partial charge in [-0.1, -0.05) is 20.3 Å². The van der Waals surface area contributed by atoms with Gasteiger partial charge in [-0.25, -0.2) is 4.39 Å². The highest BCUT2D eigenvalue weighted by Crippen LogP contribution is 2.43. The minimum atomic E-state index is -0.434. The van der Waals surface area contributed by atoms with Crippen LogP contribution in [0.1, 0.15) is 33.1 Å². The minimum absolute atomic E-state index is 0.0120. The van der Waals surface area contributed by atoms with Crippen LogP contribution in [0.3, 0.4) is 0 Å². The van der Waals surface area contributed by atoms with E-state index in [2.05, 4.69) is 19.2 Å². The molecule has 0 heterocycles. The third kappa shape index (κ3) is 2.63. The van der Waals surface area contributed by atoms with Crippen molar-refractivity contribution in [3.63, 3.8) is 0 Å². The summed E-state index contributed by atoms with van der Waals surface area (Å²) in [6, 6.07) is 4.09. The summed E-state index contributed by atoms with van der Waals surface area (Å²) in [5.41, 5.74) is 6.31. The van der Waals surface area contributed by atoms with Gasteiger partial charge in [-0.3, -0.25) is 4.79 Å². The first-order valence-electron chi connectivity index (χ1n) is 6.25. The lowest BCUT2D eigenvalue weighted by molar-refractivity contribution is -0.122. The zero-order chi connectivity index (χ0) is 13.3. The van der Waals surface area contributed by atoms with E-state index < -0.39 is 5.82 Å². The predicted molar refractivity (Wildman–Crippen MR) is 70.6 cm³/mol. The molecule has 0 radical (unpaired) electrons. The molecule has 1 aliphatic carbocycles. The summed E-state index contributed by atoms with van der Waals surface area (Å²) in [4.78, 5) is 12.2. The molecule has 3 nitrogen and oxygen atoms in total. The number of nitrogens with two attached hydrogens (primary N) is 1. The monoisotopic (exact) mass is 250 g/mol. The van der Waals surface area contributed by atoms with Crippen molar-refractivity contribution < 1.29 is 9.18 Å². The molecule has 18 heavy (non-hydrogen) atoms. The van der Waals surface area contributed by atoms with E-state index in [0.29, 0.717) is 11.4 Å². The smallest absolute Gasteiger partial charge is 0.228 e. The lowest BCUT2D eigenvalue weighted by Crippen LogP contribution is -2.30. The number of nitrogens with one attached hydrogen (secondary N) is 1. The zero-order valence-electron chi connectivity index (χ0n) is 10.8. The summed E-state index contributed by atoms with van der Waals surface area (Å²) in [7, 11) is 0. The second kappa shape index (κ2) is 4.59. The molecule has 1 saturated carbocycles.